The molecule has 1 heterocycles. The Balaban J connectivity index is 2.12. The Morgan fingerprint density at radius 2 is 2.05 bits per heavy atom. The highest BCUT2D eigenvalue weighted by atomic mass is 16.6. The van der Waals surface area contributed by atoms with Crippen molar-refractivity contribution in [1.82, 2.24) is 0 Å². The third-order valence-corrected chi connectivity index (χ3v) is 3.41. The Bertz CT molecular complexity index is 690. The van der Waals surface area contributed by atoms with Crippen LogP contribution in [0.1, 0.15) is 23.7 Å². The summed E-state index contributed by atoms with van der Waals surface area (Å²) < 4.78 is 10.7. The van der Waals surface area contributed by atoms with Gasteiger partial charge in [0.1, 0.15) is 5.75 Å². The zero-order chi connectivity index (χ0) is 14.1. The fraction of sp³-hybridized carbons (Fsp3) is 0.250. The summed E-state index contributed by atoms with van der Waals surface area (Å²) in [5, 5.41) is 1.80. The molecule has 4 heteroatoms. The molecular weight excluding hydrogens is 256 g/mol. The third kappa shape index (κ3) is 2.13. The summed E-state index contributed by atoms with van der Waals surface area (Å²) in [5.41, 5.74) is 0.489. The van der Waals surface area contributed by atoms with Crippen molar-refractivity contribution in [2.75, 3.05) is 6.61 Å². The van der Waals surface area contributed by atoms with Gasteiger partial charge in [-0.05, 0) is 18.4 Å². The smallest absolute Gasteiger partial charge is 0.347 e. The Labute approximate surface area is 116 Å². The normalized spacial score (nSPS) is 18.1. The van der Waals surface area contributed by atoms with Gasteiger partial charge in [-0.1, -0.05) is 30.3 Å². The summed E-state index contributed by atoms with van der Waals surface area (Å²) in [6.07, 6.45) is -0.113. The van der Waals surface area contributed by atoms with Gasteiger partial charge in [-0.3, -0.25) is 4.79 Å². The van der Waals surface area contributed by atoms with Gasteiger partial charge in [0, 0.05) is 11.8 Å². The molecular formula is C16H14O4. The molecule has 3 rings (SSSR count). The van der Waals surface area contributed by atoms with Gasteiger partial charge < -0.3 is 9.47 Å². The largest absolute Gasteiger partial charge is 0.477 e. The van der Waals surface area contributed by atoms with Gasteiger partial charge in [-0.25, -0.2) is 4.79 Å². The van der Waals surface area contributed by atoms with Gasteiger partial charge >= 0.3 is 5.97 Å². The lowest BCUT2D eigenvalue weighted by Gasteiger charge is -2.15. The quantitative estimate of drug-likeness (QED) is 0.635. The number of carbonyl (C=O) groups excluding carboxylic acids is 2. The maximum absolute atomic E-state index is 11.8. The summed E-state index contributed by atoms with van der Waals surface area (Å²) in [6, 6.07) is 11.2. The van der Waals surface area contributed by atoms with Crippen molar-refractivity contribution in [1.29, 1.82) is 0 Å². The molecule has 1 fully saturated rings. The summed E-state index contributed by atoms with van der Waals surface area (Å²) >= 11 is 0. The van der Waals surface area contributed by atoms with E-state index in [2.05, 4.69) is 0 Å². The zero-order valence-electron chi connectivity index (χ0n) is 11.1. The molecule has 0 spiro atoms. The number of hydrogen-bond donors (Lipinski definition) is 0. The number of carbonyl (C=O) groups is 2. The van der Waals surface area contributed by atoms with E-state index in [0.29, 0.717) is 24.3 Å². The van der Waals surface area contributed by atoms with Crippen molar-refractivity contribution >= 4 is 22.5 Å². The number of Topliss-reactive ketones (excluding diaryl/α,β-unsaturated/α-hetero) is 1. The number of hydrogen-bond acceptors (Lipinski definition) is 4. The van der Waals surface area contributed by atoms with Gasteiger partial charge in [0.05, 0.1) is 12.2 Å². The fourth-order valence-electron chi connectivity index (χ4n) is 2.37. The highest BCUT2D eigenvalue weighted by Crippen LogP contribution is 2.32. The van der Waals surface area contributed by atoms with Crippen LogP contribution in [0.15, 0.2) is 36.4 Å². The lowest BCUT2D eigenvalue weighted by Crippen LogP contribution is -2.22. The van der Waals surface area contributed by atoms with Crippen LogP contribution in [-0.4, -0.2) is 24.5 Å². The molecule has 0 radical (unpaired) electrons. The molecule has 0 N–H and O–H groups in total. The summed E-state index contributed by atoms with van der Waals surface area (Å²) in [7, 11) is 0. The Morgan fingerprint density at radius 3 is 2.75 bits per heavy atom. The topological polar surface area (TPSA) is 52.6 Å². The molecule has 1 saturated heterocycles. The number of ketones is 1. The Kier molecular flexibility index (Phi) is 3.14. The van der Waals surface area contributed by atoms with Crippen LogP contribution in [0, 0.1) is 0 Å². The first kappa shape index (κ1) is 12.7. The van der Waals surface area contributed by atoms with Gasteiger partial charge in [0.2, 0.25) is 0 Å². The van der Waals surface area contributed by atoms with Crippen molar-refractivity contribution in [2.45, 2.75) is 19.4 Å². The van der Waals surface area contributed by atoms with E-state index in [0.717, 1.165) is 10.8 Å². The molecule has 20 heavy (non-hydrogen) atoms. The van der Waals surface area contributed by atoms with E-state index in [1.807, 2.05) is 30.3 Å². The first-order valence-corrected chi connectivity index (χ1v) is 6.53. The van der Waals surface area contributed by atoms with Crippen molar-refractivity contribution in [3.63, 3.8) is 0 Å². The zero-order valence-corrected chi connectivity index (χ0v) is 11.1. The fourth-order valence-corrected chi connectivity index (χ4v) is 2.37. The van der Waals surface area contributed by atoms with Gasteiger partial charge in [0.25, 0.3) is 0 Å². The van der Waals surface area contributed by atoms with E-state index in [1.165, 1.54) is 6.92 Å². The second-order valence-corrected chi connectivity index (χ2v) is 4.78. The summed E-state index contributed by atoms with van der Waals surface area (Å²) in [5.74, 6) is 0.0176. The average molecular weight is 270 g/mol. The predicted octanol–water partition coefficient (Wildman–Crippen LogP) is 2.74. The monoisotopic (exact) mass is 270 g/mol. The van der Waals surface area contributed by atoms with Crippen molar-refractivity contribution in [2.24, 2.45) is 0 Å². The minimum atomic E-state index is -0.626. The number of cyclic esters (lactones) is 1. The minimum Gasteiger partial charge on any atom is -0.477 e. The molecule has 102 valence electrons. The molecule has 0 bridgehead atoms. The van der Waals surface area contributed by atoms with E-state index in [4.69, 9.17) is 9.47 Å². The number of esters is 1. The molecule has 2 aromatic rings. The maximum atomic E-state index is 11.8. The summed E-state index contributed by atoms with van der Waals surface area (Å²) in [6.45, 7) is 1.85. The lowest BCUT2D eigenvalue weighted by atomic mass is 10.0. The predicted molar refractivity (Wildman–Crippen MR) is 73.9 cm³/mol. The van der Waals surface area contributed by atoms with E-state index in [1.54, 1.807) is 6.07 Å². The number of rotatable bonds is 3. The molecule has 0 aliphatic carbocycles. The third-order valence-electron chi connectivity index (χ3n) is 3.41. The molecule has 0 amide bonds. The summed E-state index contributed by atoms with van der Waals surface area (Å²) in [4.78, 5) is 23.3. The minimum absolute atomic E-state index is 0.0860. The van der Waals surface area contributed by atoms with Crippen LogP contribution in [-0.2, 0) is 9.53 Å². The van der Waals surface area contributed by atoms with Crippen molar-refractivity contribution in [3.8, 4) is 5.75 Å². The number of ether oxygens (including phenoxy) is 2. The molecule has 1 unspecified atom stereocenters. The molecule has 1 aliphatic rings. The van der Waals surface area contributed by atoms with Crippen LogP contribution in [0.25, 0.3) is 10.8 Å². The highest BCUT2D eigenvalue weighted by molar-refractivity contribution is 6.04. The van der Waals surface area contributed by atoms with Crippen LogP contribution in [0.4, 0.5) is 0 Å². The van der Waals surface area contributed by atoms with Crippen LogP contribution >= 0.6 is 0 Å². The van der Waals surface area contributed by atoms with Crippen LogP contribution in [0.2, 0.25) is 0 Å². The molecule has 1 aliphatic heterocycles. The number of benzene rings is 2. The first-order chi connectivity index (χ1) is 9.66. The average Bonchev–Trinajstić information content (AvgIpc) is 2.84. The van der Waals surface area contributed by atoms with Crippen LogP contribution < -0.4 is 4.74 Å². The van der Waals surface area contributed by atoms with E-state index >= 15 is 0 Å². The van der Waals surface area contributed by atoms with Gasteiger partial charge in [0.15, 0.2) is 11.9 Å². The number of fused-ring (bicyclic) bond motifs is 1. The second-order valence-electron chi connectivity index (χ2n) is 4.78. The Morgan fingerprint density at radius 1 is 1.25 bits per heavy atom. The van der Waals surface area contributed by atoms with Gasteiger partial charge in [-0.15, -0.1) is 0 Å². The maximum Gasteiger partial charge on any atom is 0.347 e. The van der Waals surface area contributed by atoms with E-state index < -0.39 is 6.10 Å². The molecule has 0 aromatic heterocycles. The second kappa shape index (κ2) is 4.96. The van der Waals surface area contributed by atoms with E-state index in [9.17, 15) is 9.59 Å². The molecule has 0 saturated carbocycles. The van der Waals surface area contributed by atoms with Crippen molar-refractivity contribution < 1.29 is 19.1 Å². The highest BCUT2D eigenvalue weighted by Gasteiger charge is 2.30. The SMILES string of the molecule is CC(=O)c1ccc2ccccc2c1OC1CCOC1=O. The molecule has 1 atom stereocenters. The molecule has 4 nitrogen and oxygen atoms in total. The van der Waals surface area contributed by atoms with Crippen LogP contribution in [0.3, 0.4) is 0 Å². The van der Waals surface area contributed by atoms with E-state index in [-0.39, 0.29) is 11.8 Å². The Hall–Kier alpha value is -2.36. The van der Waals surface area contributed by atoms with Gasteiger partial charge in [-0.2, -0.15) is 0 Å². The lowest BCUT2D eigenvalue weighted by molar-refractivity contribution is -0.143. The standard InChI is InChI=1S/C16H14O4/c1-10(17)12-7-6-11-4-2-3-5-13(11)15(12)20-14-8-9-19-16(14)18/h2-7,14H,8-9H2,1H3. The van der Waals surface area contributed by atoms with Crippen LogP contribution in [0.5, 0.6) is 5.75 Å². The molecule has 2 aromatic carbocycles. The van der Waals surface area contributed by atoms with Crippen molar-refractivity contribution in [3.05, 3.63) is 42.0 Å². The first-order valence-electron chi connectivity index (χ1n) is 6.53.